The summed E-state index contributed by atoms with van der Waals surface area (Å²) in [6.45, 7) is 0. The van der Waals surface area contributed by atoms with E-state index in [0.717, 1.165) is 31.4 Å². The molecule has 0 bridgehead atoms. The van der Waals surface area contributed by atoms with Crippen molar-refractivity contribution in [1.29, 1.82) is 0 Å². The first-order valence-electron chi connectivity index (χ1n) is 6.66. The fraction of sp³-hybridized carbons (Fsp3) is 0.462. The normalized spacial score (nSPS) is 22.9. The molecule has 0 spiro atoms. The highest BCUT2D eigenvalue weighted by atomic mass is 32.2. The van der Waals surface area contributed by atoms with Crippen LogP contribution < -0.4 is 0 Å². The molecule has 0 amide bonds. The number of tetrazole rings is 1. The molecule has 1 aromatic carbocycles. The molecule has 6 nitrogen and oxygen atoms in total. The quantitative estimate of drug-likeness (QED) is 0.897. The first-order chi connectivity index (χ1) is 9.74. The zero-order valence-electron chi connectivity index (χ0n) is 10.9. The van der Waals surface area contributed by atoms with Crippen molar-refractivity contribution in [2.45, 2.75) is 42.2 Å². The Morgan fingerprint density at radius 1 is 1.15 bits per heavy atom. The molecule has 0 unspecified atom stereocenters. The third kappa shape index (κ3) is 2.78. The molecule has 106 valence electrons. The molecule has 2 aromatic rings. The molecular formula is C13H16N4O2S. The Balaban J connectivity index is 1.81. The van der Waals surface area contributed by atoms with Crippen LogP contribution in [-0.2, 0) is 0 Å². The summed E-state index contributed by atoms with van der Waals surface area (Å²) in [5.74, 6) is 0.207. The maximum atomic E-state index is 10.0. The molecule has 0 aliphatic heterocycles. The lowest BCUT2D eigenvalue weighted by molar-refractivity contribution is 0.137. The van der Waals surface area contributed by atoms with Gasteiger partial charge in [-0.2, -0.15) is 4.68 Å². The van der Waals surface area contributed by atoms with Crippen LogP contribution in [0.3, 0.4) is 0 Å². The Labute approximate surface area is 120 Å². The van der Waals surface area contributed by atoms with Gasteiger partial charge in [0.15, 0.2) is 0 Å². The van der Waals surface area contributed by atoms with Gasteiger partial charge in [-0.1, -0.05) is 24.6 Å². The number of phenolic OH excluding ortho intramolecular Hbond substituents is 1. The minimum atomic E-state index is -0.293. The van der Waals surface area contributed by atoms with E-state index in [-0.39, 0.29) is 17.1 Å². The molecular weight excluding hydrogens is 276 g/mol. The fourth-order valence-corrected chi connectivity index (χ4v) is 3.53. The van der Waals surface area contributed by atoms with Gasteiger partial charge in [-0.3, -0.25) is 0 Å². The van der Waals surface area contributed by atoms with Gasteiger partial charge in [0.05, 0.1) is 11.8 Å². The van der Waals surface area contributed by atoms with Gasteiger partial charge >= 0.3 is 0 Å². The average molecular weight is 292 g/mol. The van der Waals surface area contributed by atoms with Crippen LogP contribution in [0.2, 0.25) is 0 Å². The van der Waals surface area contributed by atoms with Gasteiger partial charge in [0.1, 0.15) is 5.75 Å². The fourth-order valence-electron chi connectivity index (χ4n) is 2.36. The Morgan fingerprint density at radius 2 is 1.90 bits per heavy atom. The van der Waals surface area contributed by atoms with E-state index in [4.69, 9.17) is 0 Å². The van der Waals surface area contributed by atoms with Crippen molar-refractivity contribution in [2.24, 2.45) is 0 Å². The van der Waals surface area contributed by atoms with Crippen molar-refractivity contribution in [1.82, 2.24) is 20.2 Å². The highest BCUT2D eigenvalue weighted by Gasteiger charge is 2.26. The van der Waals surface area contributed by atoms with Crippen molar-refractivity contribution >= 4 is 11.8 Å². The Bertz CT molecular complexity index is 572. The lowest BCUT2D eigenvalue weighted by atomic mass is 9.97. The maximum absolute atomic E-state index is 10.0. The van der Waals surface area contributed by atoms with E-state index in [0.29, 0.717) is 5.16 Å². The van der Waals surface area contributed by atoms with E-state index >= 15 is 0 Å². The number of benzene rings is 1. The summed E-state index contributed by atoms with van der Waals surface area (Å²) in [7, 11) is 0. The largest absolute Gasteiger partial charge is 0.508 e. The second kappa shape index (κ2) is 5.80. The van der Waals surface area contributed by atoms with Gasteiger partial charge in [-0.25, -0.2) is 0 Å². The molecule has 1 saturated carbocycles. The van der Waals surface area contributed by atoms with Crippen molar-refractivity contribution < 1.29 is 10.2 Å². The predicted octanol–water partition coefficient (Wildman–Crippen LogP) is 1.76. The number of aromatic nitrogens is 4. The molecule has 1 aromatic heterocycles. The topological polar surface area (TPSA) is 84.1 Å². The van der Waals surface area contributed by atoms with E-state index in [1.54, 1.807) is 28.9 Å². The number of aliphatic hydroxyl groups excluding tert-OH is 1. The summed E-state index contributed by atoms with van der Waals surface area (Å²) in [5.41, 5.74) is 0.792. The SMILES string of the molecule is Oc1ccc(-n2nnnc2S[C@@H]2CCCC[C@H]2O)cc1. The van der Waals surface area contributed by atoms with E-state index in [2.05, 4.69) is 15.5 Å². The number of thioether (sulfide) groups is 1. The van der Waals surface area contributed by atoms with Gasteiger partial charge in [0.2, 0.25) is 5.16 Å². The molecule has 7 heteroatoms. The molecule has 1 aliphatic carbocycles. The standard InChI is InChI=1S/C13H16N4O2S/c18-10-7-5-9(6-8-10)17-13(14-15-16-17)20-12-4-2-1-3-11(12)19/h5-8,11-12,18-19H,1-4H2/t11-,12-/m1/s1. The lowest BCUT2D eigenvalue weighted by Crippen LogP contribution is -2.27. The zero-order chi connectivity index (χ0) is 13.9. The summed E-state index contributed by atoms with van der Waals surface area (Å²) >= 11 is 1.52. The van der Waals surface area contributed by atoms with Gasteiger partial charge in [0, 0.05) is 5.25 Å². The van der Waals surface area contributed by atoms with Gasteiger partial charge in [-0.05, 0) is 47.5 Å². The zero-order valence-corrected chi connectivity index (χ0v) is 11.7. The molecule has 1 fully saturated rings. The first kappa shape index (κ1) is 13.4. The number of phenols is 1. The van der Waals surface area contributed by atoms with Crippen molar-refractivity contribution in [3.63, 3.8) is 0 Å². The predicted molar refractivity (Wildman–Crippen MR) is 74.9 cm³/mol. The van der Waals surface area contributed by atoms with Crippen LogP contribution in [0.15, 0.2) is 29.4 Å². The van der Waals surface area contributed by atoms with E-state index in [9.17, 15) is 10.2 Å². The van der Waals surface area contributed by atoms with E-state index in [1.807, 2.05) is 0 Å². The van der Waals surface area contributed by atoms with Crippen LogP contribution in [0.25, 0.3) is 5.69 Å². The summed E-state index contributed by atoms with van der Waals surface area (Å²) in [6.07, 6.45) is 3.75. The molecule has 2 atom stereocenters. The van der Waals surface area contributed by atoms with Crippen molar-refractivity contribution in [2.75, 3.05) is 0 Å². The average Bonchev–Trinajstić information content (AvgIpc) is 2.90. The van der Waals surface area contributed by atoms with E-state index in [1.165, 1.54) is 11.8 Å². The molecule has 3 rings (SSSR count). The van der Waals surface area contributed by atoms with Gasteiger partial charge in [-0.15, -0.1) is 5.10 Å². The lowest BCUT2D eigenvalue weighted by Gasteiger charge is -2.26. The number of rotatable bonds is 3. The first-order valence-corrected chi connectivity index (χ1v) is 7.54. The minimum absolute atomic E-state index is 0.144. The highest BCUT2D eigenvalue weighted by molar-refractivity contribution is 7.99. The summed E-state index contributed by atoms with van der Waals surface area (Å²) < 4.78 is 1.63. The molecule has 0 radical (unpaired) electrons. The molecule has 20 heavy (non-hydrogen) atoms. The monoisotopic (exact) mass is 292 g/mol. The third-order valence-corrected chi connectivity index (χ3v) is 4.78. The van der Waals surface area contributed by atoms with Crippen LogP contribution in [-0.4, -0.2) is 41.8 Å². The number of aromatic hydroxyl groups is 1. The van der Waals surface area contributed by atoms with Gasteiger partial charge in [0.25, 0.3) is 0 Å². The van der Waals surface area contributed by atoms with Crippen LogP contribution >= 0.6 is 11.8 Å². The smallest absolute Gasteiger partial charge is 0.214 e. The second-order valence-corrected chi connectivity index (χ2v) is 6.10. The van der Waals surface area contributed by atoms with E-state index < -0.39 is 0 Å². The highest BCUT2D eigenvalue weighted by Crippen LogP contribution is 2.33. The third-order valence-electron chi connectivity index (χ3n) is 3.46. The number of hydrogen-bond donors (Lipinski definition) is 2. The van der Waals surface area contributed by atoms with Crippen molar-refractivity contribution in [3.05, 3.63) is 24.3 Å². The molecule has 1 heterocycles. The molecule has 0 saturated heterocycles. The number of hydrogen-bond acceptors (Lipinski definition) is 6. The second-order valence-electron chi connectivity index (χ2n) is 4.90. The number of nitrogens with zero attached hydrogens (tertiary/aromatic N) is 4. The summed E-state index contributed by atoms with van der Waals surface area (Å²) in [5, 5.41) is 31.9. The number of aliphatic hydroxyl groups is 1. The van der Waals surface area contributed by atoms with Gasteiger partial charge < -0.3 is 10.2 Å². The Hall–Kier alpha value is -1.60. The summed E-state index contributed by atoms with van der Waals surface area (Å²) in [6, 6.07) is 6.71. The van der Waals surface area contributed by atoms with Crippen molar-refractivity contribution in [3.8, 4) is 11.4 Å². The van der Waals surface area contributed by atoms with Crippen LogP contribution in [0.5, 0.6) is 5.75 Å². The Morgan fingerprint density at radius 3 is 2.65 bits per heavy atom. The molecule has 1 aliphatic rings. The maximum Gasteiger partial charge on any atom is 0.214 e. The van der Waals surface area contributed by atoms with Crippen LogP contribution in [0.1, 0.15) is 25.7 Å². The Kier molecular flexibility index (Phi) is 3.88. The van der Waals surface area contributed by atoms with Crippen LogP contribution in [0, 0.1) is 0 Å². The molecule has 2 N–H and O–H groups in total. The minimum Gasteiger partial charge on any atom is -0.508 e. The van der Waals surface area contributed by atoms with Crippen LogP contribution in [0.4, 0.5) is 0 Å². The summed E-state index contributed by atoms with van der Waals surface area (Å²) in [4.78, 5) is 0.